The van der Waals surface area contributed by atoms with Gasteiger partial charge in [0, 0.05) is 11.6 Å². The molecule has 0 unspecified atom stereocenters. The van der Waals surface area contributed by atoms with E-state index in [0.717, 1.165) is 12.8 Å². The number of alkyl carbamates (subject to hydrolysis) is 1. The van der Waals surface area contributed by atoms with E-state index in [1.807, 2.05) is 20.8 Å². The molecule has 1 aliphatic rings. The Hall–Kier alpha value is -1.26. The zero-order valence-electron chi connectivity index (χ0n) is 9.42. The topological polar surface area (TPSA) is 67.4 Å². The fourth-order valence-electron chi connectivity index (χ4n) is 0.970. The van der Waals surface area contributed by atoms with Gasteiger partial charge in [-0.3, -0.25) is 4.79 Å². The number of amides is 2. The van der Waals surface area contributed by atoms with Crippen molar-refractivity contribution in [2.45, 2.75) is 45.2 Å². The first-order chi connectivity index (χ1) is 6.87. The summed E-state index contributed by atoms with van der Waals surface area (Å²) < 4.78 is 4.75. The first-order valence-electron chi connectivity index (χ1n) is 5.11. The van der Waals surface area contributed by atoms with Crippen molar-refractivity contribution in [3.8, 4) is 0 Å². The highest BCUT2D eigenvalue weighted by Gasteiger charge is 2.23. The Morgan fingerprint density at radius 2 is 1.93 bits per heavy atom. The SMILES string of the molecule is CC(C)(C)NC(=O)OCC(=O)NC1CC1. The molecule has 0 bridgehead atoms. The molecule has 0 saturated heterocycles. The minimum Gasteiger partial charge on any atom is -0.439 e. The molecule has 2 N–H and O–H groups in total. The lowest BCUT2D eigenvalue weighted by Gasteiger charge is -2.19. The Morgan fingerprint density at radius 3 is 2.40 bits per heavy atom. The molecule has 0 aromatic rings. The van der Waals surface area contributed by atoms with Crippen LogP contribution in [-0.2, 0) is 9.53 Å². The van der Waals surface area contributed by atoms with Crippen LogP contribution in [-0.4, -0.2) is 30.2 Å². The van der Waals surface area contributed by atoms with Gasteiger partial charge in [-0.1, -0.05) is 0 Å². The van der Waals surface area contributed by atoms with Crippen LogP contribution >= 0.6 is 0 Å². The molecule has 0 aromatic heterocycles. The molecule has 86 valence electrons. The van der Waals surface area contributed by atoms with Gasteiger partial charge >= 0.3 is 6.09 Å². The maximum atomic E-state index is 11.2. The van der Waals surface area contributed by atoms with Crippen molar-refractivity contribution in [3.63, 3.8) is 0 Å². The molecule has 0 radical (unpaired) electrons. The van der Waals surface area contributed by atoms with E-state index in [9.17, 15) is 9.59 Å². The standard InChI is InChI=1S/C10H18N2O3/c1-10(2,3)12-9(14)15-6-8(13)11-7-4-5-7/h7H,4-6H2,1-3H3,(H,11,13)(H,12,14). The van der Waals surface area contributed by atoms with E-state index in [0.29, 0.717) is 6.04 Å². The highest BCUT2D eigenvalue weighted by atomic mass is 16.6. The average molecular weight is 214 g/mol. The second kappa shape index (κ2) is 4.51. The van der Waals surface area contributed by atoms with Gasteiger partial charge in [-0.05, 0) is 33.6 Å². The molecule has 0 spiro atoms. The van der Waals surface area contributed by atoms with Crippen molar-refractivity contribution >= 4 is 12.0 Å². The van der Waals surface area contributed by atoms with E-state index in [1.165, 1.54) is 0 Å². The van der Waals surface area contributed by atoms with E-state index >= 15 is 0 Å². The molecule has 15 heavy (non-hydrogen) atoms. The first-order valence-corrected chi connectivity index (χ1v) is 5.11. The number of ether oxygens (including phenoxy) is 1. The van der Waals surface area contributed by atoms with Crippen LogP contribution in [0.25, 0.3) is 0 Å². The molecule has 0 aromatic carbocycles. The van der Waals surface area contributed by atoms with Crippen LogP contribution < -0.4 is 10.6 Å². The Balaban J connectivity index is 2.12. The summed E-state index contributed by atoms with van der Waals surface area (Å²) in [4.78, 5) is 22.3. The number of hydrogen-bond acceptors (Lipinski definition) is 3. The van der Waals surface area contributed by atoms with E-state index in [4.69, 9.17) is 4.74 Å². The monoisotopic (exact) mass is 214 g/mol. The third-order valence-corrected chi connectivity index (χ3v) is 1.75. The molecular weight excluding hydrogens is 196 g/mol. The van der Waals surface area contributed by atoms with E-state index < -0.39 is 6.09 Å². The molecule has 1 aliphatic carbocycles. The zero-order chi connectivity index (χ0) is 11.5. The van der Waals surface area contributed by atoms with Gasteiger partial charge in [0.05, 0.1) is 0 Å². The summed E-state index contributed by atoms with van der Waals surface area (Å²) in [6, 6.07) is 0.298. The van der Waals surface area contributed by atoms with Crippen molar-refractivity contribution in [1.29, 1.82) is 0 Å². The van der Waals surface area contributed by atoms with Crippen LogP contribution in [0.5, 0.6) is 0 Å². The van der Waals surface area contributed by atoms with E-state index in [-0.39, 0.29) is 18.1 Å². The smallest absolute Gasteiger partial charge is 0.408 e. The Bertz CT molecular complexity index is 254. The molecule has 0 atom stereocenters. The predicted octanol–water partition coefficient (Wildman–Crippen LogP) is 0.790. The van der Waals surface area contributed by atoms with Crippen molar-refractivity contribution in [2.24, 2.45) is 0 Å². The fourth-order valence-corrected chi connectivity index (χ4v) is 0.970. The maximum absolute atomic E-state index is 11.2. The Morgan fingerprint density at radius 1 is 1.33 bits per heavy atom. The molecular formula is C10H18N2O3. The maximum Gasteiger partial charge on any atom is 0.408 e. The molecule has 1 saturated carbocycles. The van der Waals surface area contributed by atoms with Crippen LogP contribution in [0.2, 0.25) is 0 Å². The zero-order valence-corrected chi connectivity index (χ0v) is 9.42. The summed E-state index contributed by atoms with van der Waals surface area (Å²) in [6.45, 7) is 5.33. The lowest BCUT2D eigenvalue weighted by atomic mass is 10.1. The van der Waals surface area contributed by atoms with Gasteiger partial charge in [0.2, 0.25) is 0 Å². The van der Waals surface area contributed by atoms with Crippen molar-refractivity contribution in [3.05, 3.63) is 0 Å². The number of carbonyl (C=O) groups is 2. The lowest BCUT2D eigenvalue weighted by Crippen LogP contribution is -2.42. The second-order valence-corrected chi connectivity index (χ2v) is 4.79. The molecule has 2 amide bonds. The number of hydrogen-bond donors (Lipinski definition) is 2. The number of carbonyl (C=O) groups excluding carboxylic acids is 2. The van der Waals surface area contributed by atoms with Crippen LogP contribution in [0.1, 0.15) is 33.6 Å². The van der Waals surface area contributed by atoms with Crippen LogP contribution in [0.15, 0.2) is 0 Å². The average Bonchev–Trinajstić information content (AvgIpc) is 2.81. The molecule has 0 aliphatic heterocycles. The summed E-state index contributed by atoms with van der Waals surface area (Å²) in [5.74, 6) is -0.235. The van der Waals surface area contributed by atoms with Crippen molar-refractivity contribution in [1.82, 2.24) is 10.6 Å². The van der Waals surface area contributed by atoms with Gasteiger partial charge in [-0.25, -0.2) is 4.79 Å². The molecule has 1 rings (SSSR count). The second-order valence-electron chi connectivity index (χ2n) is 4.79. The first kappa shape index (κ1) is 11.8. The molecule has 5 heteroatoms. The summed E-state index contributed by atoms with van der Waals surface area (Å²) in [5.41, 5.74) is -0.343. The van der Waals surface area contributed by atoms with Gasteiger partial charge in [-0.15, -0.1) is 0 Å². The quantitative estimate of drug-likeness (QED) is 0.730. The normalized spacial score (nSPS) is 15.7. The van der Waals surface area contributed by atoms with Crippen LogP contribution in [0.4, 0.5) is 4.79 Å². The van der Waals surface area contributed by atoms with Gasteiger partial charge in [0.15, 0.2) is 6.61 Å². The van der Waals surface area contributed by atoms with E-state index in [1.54, 1.807) is 0 Å². The highest BCUT2D eigenvalue weighted by Crippen LogP contribution is 2.18. The minimum absolute atomic E-state index is 0.210. The summed E-state index contributed by atoms with van der Waals surface area (Å²) in [6.07, 6.45) is 1.49. The molecule has 5 nitrogen and oxygen atoms in total. The fraction of sp³-hybridized carbons (Fsp3) is 0.800. The highest BCUT2D eigenvalue weighted by molar-refractivity contribution is 5.80. The van der Waals surface area contributed by atoms with Crippen LogP contribution in [0.3, 0.4) is 0 Å². The van der Waals surface area contributed by atoms with Gasteiger partial charge < -0.3 is 15.4 Å². The van der Waals surface area contributed by atoms with Crippen molar-refractivity contribution < 1.29 is 14.3 Å². The summed E-state index contributed by atoms with van der Waals surface area (Å²) in [5, 5.41) is 5.33. The summed E-state index contributed by atoms with van der Waals surface area (Å²) >= 11 is 0. The third kappa shape index (κ3) is 5.93. The summed E-state index contributed by atoms with van der Waals surface area (Å²) in [7, 11) is 0. The van der Waals surface area contributed by atoms with Crippen molar-refractivity contribution in [2.75, 3.05) is 6.61 Å². The van der Waals surface area contributed by atoms with Crippen LogP contribution in [0, 0.1) is 0 Å². The number of nitrogens with one attached hydrogen (secondary N) is 2. The van der Waals surface area contributed by atoms with Gasteiger partial charge in [-0.2, -0.15) is 0 Å². The van der Waals surface area contributed by atoms with E-state index in [2.05, 4.69) is 10.6 Å². The molecule has 1 fully saturated rings. The Kier molecular flexibility index (Phi) is 3.55. The molecule has 0 heterocycles. The van der Waals surface area contributed by atoms with Gasteiger partial charge in [0.1, 0.15) is 0 Å². The largest absolute Gasteiger partial charge is 0.439 e. The third-order valence-electron chi connectivity index (χ3n) is 1.75. The predicted molar refractivity (Wildman–Crippen MR) is 55.4 cm³/mol. The lowest BCUT2D eigenvalue weighted by molar-refractivity contribution is -0.124. The van der Waals surface area contributed by atoms with Gasteiger partial charge in [0.25, 0.3) is 5.91 Å². The minimum atomic E-state index is -0.562. The number of rotatable bonds is 3. The Labute approximate surface area is 89.6 Å².